The van der Waals surface area contributed by atoms with E-state index >= 15 is 0 Å². The van der Waals surface area contributed by atoms with Gasteiger partial charge in [0.15, 0.2) is 0 Å². The molecule has 0 fully saturated rings. The van der Waals surface area contributed by atoms with Gasteiger partial charge in [0.1, 0.15) is 11.6 Å². The molecule has 3 aromatic rings. The summed E-state index contributed by atoms with van der Waals surface area (Å²) in [6, 6.07) is 5.34. The number of carbonyl (C=O) groups excluding carboxylic acids is 1. The first-order valence-corrected chi connectivity index (χ1v) is 7.76. The minimum Gasteiger partial charge on any atom is -0.415 e. The lowest BCUT2D eigenvalue weighted by molar-refractivity contribution is 0.0763. The summed E-state index contributed by atoms with van der Waals surface area (Å²) < 4.78 is 56.8. The first-order valence-electron chi connectivity index (χ1n) is 7.76. The van der Waals surface area contributed by atoms with Gasteiger partial charge in [-0.25, -0.2) is 8.78 Å². The van der Waals surface area contributed by atoms with Crippen LogP contribution in [-0.4, -0.2) is 26.0 Å². The molecule has 0 bridgehead atoms. The molecule has 0 aliphatic carbocycles. The van der Waals surface area contributed by atoms with Crippen molar-refractivity contribution in [1.29, 1.82) is 0 Å². The molecule has 4 rings (SSSR count). The molecular formula is C17H10F4N4O2. The molecule has 6 nitrogen and oxygen atoms in total. The Labute approximate surface area is 149 Å². The Bertz CT molecular complexity index is 1040. The SMILES string of the molecule is O=C1c2cc(-c3nnc(C(F)F)o3)ccc2CN1Cc1ncc(F)cc1F. The summed E-state index contributed by atoms with van der Waals surface area (Å²) in [6.07, 6.45) is -2.02. The van der Waals surface area contributed by atoms with E-state index in [-0.39, 0.29) is 24.7 Å². The molecule has 0 atom stereocenters. The van der Waals surface area contributed by atoms with Crippen LogP contribution >= 0.6 is 0 Å². The number of halogens is 4. The number of rotatable bonds is 4. The zero-order valence-corrected chi connectivity index (χ0v) is 13.5. The Balaban J connectivity index is 1.59. The van der Waals surface area contributed by atoms with Crippen molar-refractivity contribution in [2.24, 2.45) is 0 Å². The molecule has 3 heterocycles. The first-order chi connectivity index (χ1) is 12.9. The van der Waals surface area contributed by atoms with Gasteiger partial charge in [-0.2, -0.15) is 8.78 Å². The summed E-state index contributed by atoms with van der Waals surface area (Å²) >= 11 is 0. The molecule has 2 aromatic heterocycles. The standard InChI is InChI=1S/C17H10F4N4O2/c18-10-4-12(19)13(22-5-10)7-25-6-9-2-1-8(3-11(9)17(25)26)15-23-24-16(27-15)14(20)21/h1-5,14H,6-7H2. The van der Waals surface area contributed by atoms with Crippen molar-refractivity contribution in [3.8, 4) is 11.5 Å². The summed E-state index contributed by atoms with van der Waals surface area (Å²) in [5, 5.41) is 6.80. The van der Waals surface area contributed by atoms with Crippen LogP contribution in [0.5, 0.6) is 0 Å². The summed E-state index contributed by atoms with van der Waals surface area (Å²) in [4.78, 5) is 17.6. The van der Waals surface area contributed by atoms with Crippen molar-refractivity contribution in [1.82, 2.24) is 20.1 Å². The van der Waals surface area contributed by atoms with Crippen molar-refractivity contribution in [2.45, 2.75) is 19.5 Å². The number of benzene rings is 1. The highest BCUT2D eigenvalue weighted by atomic mass is 19.3. The molecule has 138 valence electrons. The Kier molecular flexibility index (Phi) is 4.09. The Morgan fingerprint density at radius 3 is 2.70 bits per heavy atom. The van der Waals surface area contributed by atoms with Crippen LogP contribution in [0.2, 0.25) is 0 Å². The smallest absolute Gasteiger partial charge is 0.314 e. The predicted octanol–water partition coefficient (Wildman–Crippen LogP) is 3.50. The maximum Gasteiger partial charge on any atom is 0.314 e. The molecule has 27 heavy (non-hydrogen) atoms. The maximum atomic E-state index is 13.8. The number of hydrogen-bond donors (Lipinski definition) is 0. The van der Waals surface area contributed by atoms with Crippen molar-refractivity contribution in [3.63, 3.8) is 0 Å². The minimum atomic E-state index is -2.89. The minimum absolute atomic E-state index is 0.0590. The van der Waals surface area contributed by atoms with Gasteiger partial charge in [-0.3, -0.25) is 9.78 Å². The molecule has 0 spiro atoms. The number of nitrogens with zero attached hydrogens (tertiary/aromatic N) is 4. The summed E-state index contributed by atoms with van der Waals surface area (Å²) in [5.41, 5.74) is 1.23. The van der Waals surface area contributed by atoms with Crippen LogP contribution in [-0.2, 0) is 13.1 Å². The second-order valence-electron chi connectivity index (χ2n) is 5.86. The molecule has 0 N–H and O–H groups in total. The van der Waals surface area contributed by atoms with E-state index in [4.69, 9.17) is 4.42 Å². The van der Waals surface area contributed by atoms with Crippen molar-refractivity contribution in [2.75, 3.05) is 0 Å². The average molecular weight is 378 g/mol. The number of pyridine rings is 1. The lowest BCUT2D eigenvalue weighted by Crippen LogP contribution is -2.24. The van der Waals surface area contributed by atoms with Gasteiger partial charge in [-0.15, -0.1) is 10.2 Å². The number of aromatic nitrogens is 3. The van der Waals surface area contributed by atoms with Crippen LogP contribution in [0.25, 0.3) is 11.5 Å². The molecule has 0 saturated heterocycles. The number of amides is 1. The van der Waals surface area contributed by atoms with E-state index in [1.54, 1.807) is 12.1 Å². The third-order valence-corrected chi connectivity index (χ3v) is 4.09. The Morgan fingerprint density at radius 2 is 2.00 bits per heavy atom. The number of hydrogen-bond acceptors (Lipinski definition) is 5. The molecule has 1 aliphatic rings. The molecule has 1 amide bonds. The Hall–Kier alpha value is -3.30. The van der Waals surface area contributed by atoms with E-state index in [1.807, 2.05) is 0 Å². The normalized spacial score (nSPS) is 13.5. The van der Waals surface area contributed by atoms with Crippen molar-refractivity contribution in [3.05, 3.63) is 64.8 Å². The van der Waals surface area contributed by atoms with Crippen molar-refractivity contribution < 1.29 is 26.8 Å². The largest absolute Gasteiger partial charge is 0.415 e. The zero-order valence-electron chi connectivity index (χ0n) is 13.5. The highest BCUT2D eigenvalue weighted by molar-refractivity contribution is 5.99. The fourth-order valence-corrected chi connectivity index (χ4v) is 2.80. The van der Waals surface area contributed by atoms with Gasteiger partial charge < -0.3 is 9.32 Å². The molecular weight excluding hydrogens is 368 g/mol. The van der Waals surface area contributed by atoms with E-state index < -0.39 is 29.9 Å². The van der Waals surface area contributed by atoms with Crippen LogP contribution in [0.15, 0.2) is 34.9 Å². The summed E-state index contributed by atoms with van der Waals surface area (Å²) in [6.45, 7) is 0.0735. The van der Waals surface area contributed by atoms with Crippen LogP contribution in [0.1, 0.15) is 33.9 Å². The topological polar surface area (TPSA) is 72.1 Å². The lowest BCUT2D eigenvalue weighted by atomic mass is 10.1. The van der Waals surface area contributed by atoms with Crippen LogP contribution in [0.3, 0.4) is 0 Å². The first kappa shape index (κ1) is 17.1. The van der Waals surface area contributed by atoms with E-state index in [9.17, 15) is 22.4 Å². The number of carbonyl (C=O) groups is 1. The average Bonchev–Trinajstić information content (AvgIpc) is 3.23. The fraction of sp³-hybridized carbons (Fsp3) is 0.176. The second-order valence-corrected chi connectivity index (χ2v) is 5.86. The lowest BCUT2D eigenvalue weighted by Gasteiger charge is -2.15. The third-order valence-electron chi connectivity index (χ3n) is 4.09. The quantitative estimate of drug-likeness (QED) is 0.650. The van der Waals surface area contributed by atoms with Crippen LogP contribution in [0.4, 0.5) is 17.6 Å². The second kappa shape index (κ2) is 6.45. The van der Waals surface area contributed by atoms with Gasteiger partial charge in [-0.1, -0.05) is 6.07 Å². The zero-order chi connectivity index (χ0) is 19.1. The van der Waals surface area contributed by atoms with Gasteiger partial charge in [-0.05, 0) is 17.7 Å². The van der Waals surface area contributed by atoms with E-state index in [0.717, 1.165) is 6.20 Å². The third kappa shape index (κ3) is 3.14. The van der Waals surface area contributed by atoms with E-state index in [0.29, 0.717) is 22.8 Å². The Morgan fingerprint density at radius 1 is 1.19 bits per heavy atom. The molecule has 1 aliphatic heterocycles. The molecule has 0 saturated carbocycles. The van der Waals surface area contributed by atoms with Crippen LogP contribution < -0.4 is 0 Å². The van der Waals surface area contributed by atoms with Crippen LogP contribution in [0, 0.1) is 11.6 Å². The monoisotopic (exact) mass is 378 g/mol. The fourth-order valence-electron chi connectivity index (χ4n) is 2.80. The molecule has 1 aromatic carbocycles. The van der Waals surface area contributed by atoms with Gasteiger partial charge >= 0.3 is 6.43 Å². The molecule has 0 radical (unpaired) electrons. The summed E-state index contributed by atoms with van der Waals surface area (Å²) in [5.74, 6) is -2.99. The highest BCUT2D eigenvalue weighted by Crippen LogP contribution is 2.30. The van der Waals surface area contributed by atoms with E-state index in [1.165, 1.54) is 11.0 Å². The van der Waals surface area contributed by atoms with Gasteiger partial charge in [0.2, 0.25) is 5.89 Å². The number of alkyl halides is 2. The van der Waals surface area contributed by atoms with Gasteiger partial charge in [0.25, 0.3) is 11.8 Å². The highest BCUT2D eigenvalue weighted by Gasteiger charge is 2.29. The van der Waals surface area contributed by atoms with Gasteiger partial charge in [0.05, 0.1) is 18.4 Å². The van der Waals surface area contributed by atoms with E-state index in [2.05, 4.69) is 15.2 Å². The number of fused-ring (bicyclic) bond motifs is 1. The molecule has 10 heteroatoms. The van der Waals surface area contributed by atoms with Gasteiger partial charge in [0, 0.05) is 23.7 Å². The summed E-state index contributed by atoms with van der Waals surface area (Å²) in [7, 11) is 0. The van der Waals surface area contributed by atoms with Crippen molar-refractivity contribution >= 4 is 5.91 Å². The molecule has 0 unspecified atom stereocenters. The predicted molar refractivity (Wildman–Crippen MR) is 82.4 cm³/mol. The maximum absolute atomic E-state index is 13.8.